The van der Waals surface area contributed by atoms with Crippen molar-refractivity contribution in [3.8, 4) is 28.4 Å². The molecule has 0 bridgehead atoms. The first-order valence-corrected chi connectivity index (χ1v) is 7.03. The minimum absolute atomic E-state index is 0.601. The smallest absolute Gasteiger partial charge is 0.161 e. The highest BCUT2D eigenvalue weighted by Gasteiger charge is 2.13. The van der Waals surface area contributed by atoms with Gasteiger partial charge in [0.25, 0.3) is 0 Å². The zero-order valence-electron chi connectivity index (χ0n) is 12.3. The van der Waals surface area contributed by atoms with Crippen LogP contribution in [0.2, 0.25) is 0 Å². The maximum atomic E-state index is 5.65. The van der Waals surface area contributed by atoms with E-state index in [-0.39, 0.29) is 0 Å². The van der Waals surface area contributed by atoms with Crippen molar-refractivity contribution < 1.29 is 14.2 Å². The van der Waals surface area contributed by atoms with E-state index in [4.69, 9.17) is 14.2 Å². The number of rotatable bonds is 4. The van der Waals surface area contributed by atoms with Crippen LogP contribution in [0.3, 0.4) is 0 Å². The molecule has 1 aliphatic rings. The van der Waals surface area contributed by atoms with E-state index in [2.05, 4.69) is 23.5 Å². The third-order valence-electron chi connectivity index (χ3n) is 3.52. The summed E-state index contributed by atoms with van der Waals surface area (Å²) in [7, 11) is 3.62. The third kappa shape index (κ3) is 2.81. The maximum absolute atomic E-state index is 5.65. The van der Waals surface area contributed by atoms with Gasteiger partial charge in [0.15, 0.2) is 11.5 Å². The molecule has 2 aromatic carbocycles. The number of fused-ring (bicyclic) bond motifs is 1. The number of benzene rings is 2. The predicted molar refractivity (Wildman–Crippen MR) is 82.2 cm³/mol. The largest absolute Gasteiger partial charge is 0.496 e. The average Bonchev–Trinajstić information content (AvgIpc) is 2.54. The molecule has 0 aliphatic carbocycles. The summed E-state index contributed by atoms with van der Waals surface area (Å²) in [5.41, 5.74) is 3.38. The van der Waals surface area contributed by atoms with Gasteiger partial charge in [-0.1, -0.05) is 12.1 Å². The van der Waals surface area contributed by atoms with Gasteiger partial charge in [0, 0.05) is 12.1 Å². The normalized spacial score (nSPS) is 13.0. The summed E-state index contributed by atoms with van der Waals surface area (Å²) in [6.07, 6.45) is 0. The Morgan fingerprint density at radius 1 is 1.00 bits per heavy atom. The van der Waals surface area contributed by atoms with Crippen LogP contribution in [0.25, 0.3) is 11.1 Å². The first-order valence-electron chi connectivity index (χ1n) is 7.03. The number of methoxy groups -OCH3 is 1. The lowest BCUT2D eigenvalue weighted by Gasteiger charge is -2.19. The van der Waals surface area contributed by atoms with E-state index in [9.17, 15) is 0 Å². The molecule has 2 aromatic rings. The third-order valence-corrected chi connectivity index (χ3v) is 3.52. The molecule has 110 valence electrons. The topological polar surface area (TPSA) is 39.7 Å². The lowest BCUT2D eigenvalue weighted by atomic mass is 10.0. The van der Waals surface area contributed by atoms with Crippen LogP contribution in [0.4, 0.5) is 0 Å². The Labute approximate surface area is 124 Å². The van der Waals surface area contributed by atoms with Gasteiger partial charge in [-0.3, -0.25) is 0 Å². The van der Waals surface area contributed by atoms with Crippen LogP contribution < -0.4 is 19.5 Å². The average molecular weight is 285 g/mol. The number of hydrogen-bond donors (Lipinski definition) is 1. The number of nitrogens with one attached hydrogen (secondary N) is 1. The molecule has 0 saturated carbocycles. The summed E-state index contributed by atoms with van der Waals surface area (Å²) in [5, 5.41) is 3.16. The van der Waals surface area contributed by atoms with E-state index in [1.807, 2.05) is 25.2 Å². The van der Waals surface area contributed by atoms with Gasteiger partial charge in [-0.05, 0) is 42.4 Å². The lowest BCUT2D eigenvalue weighted by Crippen LogP contribution is -2.15. The SMILES string of the molecule is CNCc1cc(-c2ccc3c(c2)OCCO3)ccc1OC. The zero-order chi connectivity index (χ0) is 14.7. The van der Waals surface area contributed by atoms with Crippen LogP contribution in [0.5, 0.6) is 17.2 Å². The van der Waals surface area contributed by atoms with E-state index in [1.54, 1.807) is 7.11 Å². The number of hydrogen-bond acceptors (Lipinski definition) is 4. The molecule has 0 aromatic heterocycles. The van der Waals surface area contributed by atoms with Crippen molar-refractivity contribution in [3.05, 3.63) is 42.0 Å². The monoisotopic (exact) mass is 285 g/mol. The zero-order valence-corrected chi connectivity index (χ0v) is 12.3. The van der Waals surface area contributed by atoms with E-state index < -0.39 is 0 Å². The summed E-state index contributed by atoms with van der Waals surface area (Å²) < 4.78 is 16.6. The Hall–Kier alpha value is -2.20. The Kier molecular flexibility index (Phi) is 3.97. The molecule has 0 amide bonds. The second-order valence-corrected chi connectivity index (χ2v) is 4.92. The first-order chi connectivity index (χ1) is 10.3. The molecule has 1 heterocycles. The Bertz CT molecular complexity index is 640. The molecule has 4 nitrogen and oxygen atoms in total. The van der Waals surface area contributed by atoms with Crippen molar-refractivity contribution in [2.75, 3.05) is 27.4 Å². The molecule has 4 heteroatoms. The van der Waals surface area contributed by atoms with Gasteiger partial charge in [-0.25, -0.2) is 0 Å². The second-order valence-electron chi connectivity index (χ2n) is 4.92. The van der Waals surface area contributed by atoms with Crippen molar-refractivity contribution in [1.82, 2.24) is 5.32 Å². The Morgan fingerprint density at radius 3 is 2.48 bits per heavy atom. The fraction of sp³-hybridized carbons (Fsp3) is 0.294. The molecule has 0 unspecified atom stereocenters. The highest BCUT2D eigenvalue weighted by molar-refractivity contribution is 5.69. The van der Waals surface area contributed by atoms with Gasteiger partial charge >= 0.3 is 0 Å². The van der Waals surface area contributed by atoms with Gasteiger partial charge in [0.05, 0.1) is 7.11 Å². The van der Waals surface area contributed by atoms with Crippen LogP contribution >= 0.6 is 0 Å². The van der Waals surface area contributed by atoms with Crippen LogP contribution in [-0.4, -0.2) is 27.4 Å². The molecule has 3 rings (SSSR count). The molecular weight excluding hydrogens is 266 g/mol. The summed E-state index contributed by atoms with van der Waals surface area (Å²) >= 11 is 0. The fourth-order valence-electron chi connectivity index (χ4n) is 2.51. The second kappa shape index (κ2) is 6.06. The van der Waals surface area contributed by atoms with Crippen molar-refractivity contribution in [3.63, 3.8) is 0 Å². The first kappa shape index (κ1) is 13.8. The van der Waals surface area contributed by atoms with Crippen LogP contribution in [-0.2, 0) is 6.54 Å². The van der Waals surface area contributed by atoms with Gasteiger partial charge in [0.1, 0.15) is 19.0 Å². The summed E-state index contributed by atoms with van der Waals surface area (Å²) in [5.74, 6) is 2.52. The summed E-state index contributed by atoms with van der Waals surface area (Å²) in [6.45, 7) is 1.98. The molecule has 0 fully saturated rings. The van der Waals surface area contributed by atoms with Gasteiger partial charge < -0.3 is 19.5 Å². The molecule has 1 N–H and O–H groups in total. The minimum atomic E-state index is 0.601. The Balaban J connectivity index is 1.98. The van der Waals surface area contributed by atoms with Gasteiger partial charge in [-0.2, -0.15) is 0 Å². The van der Waals surface area contributed by atoms with Crippen molar-refractivity contribution in [2.24, 2.45) is 0 Å². The minimum Gasteiger partial charge on any atom is -0.496 e. The highest BCUT2D eigenvalue weighted by atomic mass is 16.6. The molecule has 0 spiro atoms. The highest BCUT2D eigenvalue weighted by Crippen LogP contribution is 2.35. The van der Waals surface area contributed by atoms with Crippen LogP contribution in [0.1, 0.15) is 5.56 Å². The van der Waals surface area contributed by atoms with Crippen molar-refractivity contribution in [1.29, 1.82) is 0 Å². The van der Waals surface area contributed by atoms with E-state index in [0.29, 0.717) is 13.2 Å². The quantitative estimate of drug-likeness (QED) is 0.937. The predicted octanol–water partition coefficient (Wildman–Crippen LogP) is 2.85. The molecule has 0 atom stereocenters. The van der Waals surface area contributed by atoms with E-state index >= 15 is 0 Å². The van der Waals surface area contributed by atoms with Crippen LogP contribution in [0.15, 0.2) is 36.4 Å². The molecule has 21 heavy (non-hydrogen) atoms. The fourth-order valence-corrected chi connectivity index (χ4v) is 2.51. The summed E-state index contributed by atoms with van der Waals surface area (Å²) in [6, 6.07) is 12.2. The van der Waals surface area contributed by atoms with Gasteiger partial charge in [0.2, 0.25) is 0 Å². The van der Waals surface area contributed by atoms with Crippen molar-refractivity contribution in [2.45, 2.75) is 6.54 Å². The lowest BCUT2D eigenvalue weighted by molar-refractivity contribution is 0.171. The van der Waals surface area contributed by atoms with E-state index in [0.717, 1.165) is 40.5 Å². The van der Waals surface area contributed by atoms with E-state index in [1.165, 1.54) is 0 Å². The molecular formula is C17H19NO3. The molecule has 0 radical (unpaired) electrons. The van der Waals surface area contributed by atoms with Crippen LogP contribution in [0, 0.1) is 0 Å². The Morgan fingerprint density at radius 2 is 1.71 bits per heavy atom. The van der Waals surface area contributed by atoms with Gasteiger partial charge in [-0.15, -0.1) is 0 Å². The standard InChI is InChI=1S/C17H19NO3/c1-18-11-14-9-12(3-5-15(14)19-2)13-4-6-16-17(10-13)21-8-7-20-16/h3-6,9-10,18H,7-8,11H2,1-2H3. The molecule has 0 saturated heterocycles. The number of ether oxygens (including phenoxy) is 3. The maximum Gasteiger partial charge on any atom is 0.161 e. The van der Waals surface area contributed by atoms with Crippen molar-refractivity contribution >= 4 is 0 Å². The summed E-state index contributed by atoms with van der Waals surface area (Å²) in [4.78, 5) is 0. The molecule has 1 aliphatic heterocycles.